The molecule has 0 radical (unpaired) electrons. The smallest absolute Gasteiger partial charge is 0.307 e. The number of carboxylic acids is 1. The Morgan fingerprint density at radius 1 is 1.00 bits per heavy atom. The normalized spacial score (nSPS) is 11.9. The summed E-state index contributed by atoms with van der Waals surface area (Å²) in [5.74, 6) is -2.39. The van der Waals surface area contributed by atoms with Crippen molar-refractivity contribution in [3.05, 3.63) is 58.5 Å². The molecule has 14 heteroatoms. The van der Waals surface area contributed by atoms with Crippen LogP contribution in [0, 0.1) is 37.7 Å². The summed E-state index contributed by atoms with van der Waals surface area (Å²) in [6, 6.07) is 7.85. The molecule has 284 valence electrons. The zero-order valence-corrected chi connectivity index (χ0v) is 31.5. The number of benzene rings is 1. The van der Waals surface area contributed by atoms with E-state index < -0.39 is 17.9 Å². The fourth-order valence-electron chi connectivity index (χ4n) is 5.04. The molecule has 1 heterocycles. The molecule has 0 fully saturated rings. The maximum absolute atomic E-state index is 12.2. The van der Waals surface area contributed by atoms with Crippen molar-refractivity contribution < 1.29 is 38.7 Å². The number of rotatable bonds is 28. The van der Waals surface area contributed by atoms with Gasteiger partial charge in [-0.3, -0.25) is 9.59 Å². The second-order valence-corrected chi connectivity index (χ2v) is 13.0. The number of ether oxygens (including phenoxy) is 4. The number of hydrogen-bond donors (Lipinski definition) is 2. The number of carbonyl (C=O) groups is 2. The van der Waals surface area contributed by atoms with Gasteiger partial charge in [0.1, 0.15) is 17.7 Å². The lowest BCUT2D eigenvalue weighted by Crippen LogP contribution is -2.31. The highest BCUT2D eigenvalue weighted by Crippen LogP contribution is 2.41. The predicted molar refractivity (Wildman–Crippen MR) is 201 cm³/mol. The van der Waals surface area contributed by atoms with Crippen molar-refractivity contribution in [3.8, 4) is 6.07 Å². The van der Waals surface area contributed by atoms with Crippen molar-refractivity contribution in [2.24, 2.45) is 16.1 Å². The first-order valence-electron chi connectivity index (χ1n) is 17.8. The minimum absolute atomic E-state index is 0.0315. The molecule has 0 bridgehead atoms. The standard InChI is InChI=1S/C38H53N5O8S/c1-5-6-7-8-9-10-11-12-13-31(38(46)47)27-35(45)51-25-24-50-23-22-49-20-17-43(16-19-48-21-18-44)32-14-15-34(29(2)26-32)41-42-37-33(28-39)30(3)36(40-4)52-37/h11-12,14-15,26,31,44H,5-10,13,16-25,27H2,1-3H3,(H,46,47)/b12-11+,42-41?. The summed E-state index contributed by atoms with van der Waals surface area (Å²) in [6.45, 7) is 16.1. The average Bonchev–Trinajstić information content (AvgIpc) is 3.45. The van der Waals surface area contributed by atoms with Gasteiger partial charge < -0.3 is 34.1 Å². The lowest BCUT2D eigenvalue weighted by Gasteiger charge is -2.25. The van der Waals surface area contributed by atoms with E-state index in [0.29, 0.717) is 72.8 Å². The molecule has 1 atom stereocenters. The third-order valence-corrected chi connectivity index (χ3v) is 9.11. The van der Waals surface area contributed by atoms with Crippen molar-refractivity contribution >= 4 is 44.7 Å². The molecule has 0 saturated carbocycles. The summed E-state index contributed by atoms with van der Waals surface area (Å²) in [5, 5.41) is 37.5. The fourth-order valence-corrected chi connectivity index (χ4v) is 5.91. The first-order valence-corrected chi connectivity index (χ1v) is 18.6. The molecule has 1 unspecified atom stereocenters. The zero-order chi connectivity index (χ0) is 38.0. The highest BCUT2D eigenvalue weighted by Gasteiger charge is 2.21. The summed E-state index contributed by atoms with van der Waals surface area (Å²) in [6.07, 6.45) is 10.8. The Labute approximate surface area is 311 Å². The molecule has 0 aliphatic heterocycles. The maximum atomic E-state index is 12.2. The predicted octanol–water partition coefficient (Wildman–Crippen LogP) is 7.99. The number of allylic oxidation sites excluding steroid dienone is 2. The molecular weight excluding hydrogens is 687 g/mol. The summed E-state index contributed by atoms with van der Waals surface area (Å²) in [4.78, 5) is 29.3. The van der Waals surface area contributed by atoms with Gasteiger partial charge in [-0.25, -0.2) is 4.85 Å². The van der Waals surface area contributed by atoms with Crippen LogP contribution >= 0.6 is 11.3 Å². The van der Waals surface area contributed by atoms with Crippen LogP contribution in [0.2, 0.25) is 0 Å². The van der Waals surface area contributed by atoms with E-state index in [1.165, 1.54) is 25.7 Å². The van der Waals surface area contributed by atoms with Crippen LogP contribution in [0.3, 0.4) is 0 Å². The summed E-state index contributed by atoms with van der Waals surface area (Å²) in [7, 11) is 0. The number of carbonyl (C=O) groups excluding carboxylic acids is 1. The van der Waals surface area contributed by atoms with Crippen LogP contribution in [0.25, 0.3) is 4.85 Å². The van der Waals surface area contributed by atoms with Crippen molar-refractivity contribution in [1.29, 1.82) is 5.26 Å². The van der Waals surface area contributed by atoms with Crippen molar-refractivity contribution in [1.82, 2.24) is 0 Å². The molecule has 0 aliphatic rings. The second kappa shape index (κ2) is 26.6. The zero-order valence-electron chi connectivity index (χ0n) is 30.7. The molecule has 2 aromatic rings. The lowest BCUT2D eigenvalue weighted by molar-refractivity contribution is -0.152. The summed E-state index contributed by atoms with van der Waals surface area (Å²) in [5.41, 5.74) is 3.40. The number of azo groups is 1. The number of nitriles is 1. The van der Waals surface area contributed by atoms with Gasteiger partial charge >= 0.3 is 11.9 Å². The van der Waals surface area contributed by atoms with E-state index in [0.717, 1.165) is 35.4 Å². The Morgan fingerprint density at radius 3 is 2.35 bits per heavy atom. The van der Waals surface area contributed by atoms with Gasteiger partial charge in [-0.1, -0.05) is 44.8 Å². The largest absolute Gasteiger partial charge is 0.481 e. The van der Waals surface area contributed by atoms with Crippen LogP contribution in [0.5, 0.6) is 0 Å². The minimum Gasteiger partial charge on any atom is -0.481 e. The van der Waals surface area contributed by atoms with Crippen LogP contribution in [-0.2, 0) is 28.5 Å². The highest BCUT2D eigenvalue weighted by atomic mass is 32.1. The topological polar surface area (TPSA) is 168 Å². The molecule has 2 rings (SSSR count). The van der Waals surface area contributed by atoms with Gasteiger partial charge in [0.2, 0.25) is 5.00 Å². The number of aliphatic carboxylic acids is 1. The van der Waals surface area contributed by atoms with E-state index in [1.807, 2.05) is 37.3 Å². The Hall–Kier alpha value is -4.18. The number of aryl methyl sites for hydroxylation is 1. The first kappa shape index (κ1) is 44.0. The number of anilines is 1. The number of thiophene rings is 1. The average molecular weight is 740 g/mol. The van der Waals surface area contributed by atoms with Gasteiger partial charge in [0.15, 0.2) is 0 Å². The van der Waals surface area contributed by atoms with Crippen LogP contribution in [-0.4, -0.2) is 88.1 Å². The van der Waals surface area contributed by atoms with Crippen LogP contribution in [0.1, 0.15) is 75.0 Å². The lowest BCUT2D eigenvalue weighted by atomic mass is 10.0. The number of nitrogens with zero attached hydrogens (tertiary/aromatic N) is 5. The minimum atomic E-state index is -1.01. The van der Waals surface area contributed by atoms with Gasteiger partial charge in [0, 0.05) is 18.8 Å². The van der Waals surface area contributed by atoms with Crippen LogP contribution < -0.4 is 4.90 Å². The van der Waals surface area contributed by atoms with Crippen molar-refractivity contribution in [2.45, 2.75) is 72.1 Å². The number of hydrogen-bond acceptors (Lipinski definition) is 12. The Balaban J connectivity index is 1.75. The maximum Gasteiger partial charge on any atom is 0.307 e. The molecule has 13 nitrogen and oxygen atoms in total. The molecule has 0 amide bonds. The Bertz CT molecular complexity index is 1510. The number of esters is 1. The van der Waals surface area contributed by atoms with Gasteiger partial charge in [-0.2, -0.15) is 5.26 Å². The Morgan fingerprint density at radius 2 is 1.69 bits per heavy atom. The van der Waals surface area contributed by atoms with E-state index in [4.69, 9.17) is 30.6 Å². The van der Waals surface area contributed by atoms with Gasteiger partial charge in [-0.15, -0.1) is 21.6 Å². The fraction of sp³-hybridized carbons (Fsp3) is 0.579. The summed E-state index contributed by atoms with van der Waals surface area (Å²) < 4.78 is 22.0. The molecule has 0 aliphatic carbocycles. The van der Waals surface area contributed by atoms with E-state index in [2.05, 4.69) is 33.0 Å². The van der Waals surface area contributed by atoms with E-state index in [9.17, 15) is 20.0 Å². The third-order valence-electron chi connectivity index (χ3n) is 8.04. The van der Waals surface area contributed by atoms with E-state index in [-0.39, 0.29) is 32.8 Å². The quantitative estimate of drug-likeness (QED) is 0.0287. The van der Waals surface area contributed by atoms with Gasteiger partial charge in [0.05, 0.1) is 76.4 Å². The summed E-state index contributed by atoms with van der Waals surface area (Å²) >= 11 is 1.14. The van der Waals surface area contributed by atoms with Crippen molar-refractivity contribution in [2.75, 3.05) is 70.8 Å². The van der Waals surface area contributed by atoms with Gasteiger partial charge in [0.25, 0.3) is 0 Å². The molecule has 0 saturated heterocycles. The number of aliphatic hydroxyl groups is 1. The SMILES string of the molecule is [C-]#[N+]c1sc(N=Nc2ccc(N(CCOCCO)CCOCCOCCOC(=O)CC(C/C=C/CCCCCCC)C(=O)O)cc2C)c(C#N)c1C. The number of aliphatic hydroxyl groups excluding tert-OH is 1. The molecule has 0 spiro atoms. The highest BCUT2D eigenvalue weighted by molar-refractivity contribution is 7.20. The monoisotopic (exact) mass is 739 g/mol. The molecule has 1 aromatic carbocycles. The molecule has 2 N–H and O–H groups in total. The van der Waals surface area contributed by atoms with E-state index in [1.54, 1.807) is 6.92 Å². The van der Waals surface area contributed by atoms with Crippen LogP contribution in [0.4, 0.5) is 21.4 Å². The Kier molecular flexibility index (Phi) is 22.5. The molecule has 1 aromatic heterocycles. The van der Waals surface area contributed by atoms with Crippen LogP contribution in [0.15, 0.2) is 40.6 Å². The molecule has 52 heavy (non-hydrogen) atoms. The second-order valence-electron chi connectivity index (χ2n) is 12.0. The number of carboxylic acid groups (broad SMARTS) is 1. The van der Waals surface area contributed by atoms with E-state index >= 15 is 0 Å². The first-order chi connectivity index (χ1) is 25.2. The molecular formula is C38H53N5O8S. The van der Waals surface area contributed by atoms with Gasteiger partial charge in [-0.05, 0) is 62.4 Å². The third kappa shape index (κ3) is 16.9. The number of unbranched alkanes of at least 4 members (excludes halogenated alkanes) is 5. The van der Waals surface area contributed by atoms with Crippen molar-refractivity contribution in [3.63, 3.8) is 0 Å².